The van der Waals surface area contributed by atoms with Crippen LogP contribution in [0.15, 0.2) is 30.5 Å². The SMILES string of the molecule is COc1ccc(C(C)Nc2nc(Cl)nc3[nH]ncc23)cc1. The van der Waals surface area contributed by atoms with Crippen molar-refractivity contribution in [2.24, 2.45) is 0 Å². The molecule has 0 amide bonds. The predicted octanol–water partition coefficient (Wildman–Crippen LogP) is 3.19. The normalized spacial score (nSPS) is 12.3. The van der Waals surface area contributed by atoms with Gasteiger partial charge in [0.15, 0.2) is 5.65 Å². The van der Waals surface area contributed by atoms with E-state index in [-0.39, 0.29) is 11.3 Å². The number of hydrogen-bond donors (Lipinski definition) is 2. The van der Waals surface area contributed by atoms with Gasteiger partial charge in [-0.05, 0) is 36.2 Å². The van der Waals surface area contributed by atoms with Crippen LogP contribution in [-0.2, 0) is 0 Å². The second-order valence-corrected chi connectivity index (χ2v) is 4.95. The number of fused-ring (bicyclic) bond motifs is 1. The molecule has 3 aromatic rings. The minimum atomic E-state index is 0.0555. The molecule has 6 nitrogen and oxygen atoms in total. The Labute approximate surface area is 126 Å². The van der Waals surface area contributed by atoms with Gasteiger partial charge in [-0.15, -0.1) is 0 Å². The zero-order valence-electron chi connectivity index (χ0n) is 11.6. The molecular weight excluding hydrogens is 290 g/mol. The van der Waals surface area contributed by atoms with Gasteiger partial charge in [0.1, 0.15) is 11.6 Å². The Morgan fingerprint density at radius 1 is 1.24 bits per heavy atom. The number of nitrogens with zero attached hydrogens (tertiary/aromatic N) is 3. The Hall–Kier alpha value is -2.34. The van der Waals surface area contributed by atoms with Crippen molar-refractivity contribution in [2.45, 2.75) is 13.0 Å². The standard InChI is InChI=1S/C14H14ClN5O/c1-8(9-3-5-10(21-2)6-4-9)17-12-11-7-16-20-13(11)19-14(15)18-12/h3-8H,1-2H3,(H2,16,17,18,19,20). The molecule has 0 saturated heterocycles. The molecule has 0 radical (unpaired) electrons. The topological polar surface area (TPSA) is 75.7 Å². The fraction of sp³-hybridized carbons (Fsp3) is 0.214. The summed E-state index contributed by atoms with van der Waals surface area (Å²) in [6.07, 6.45) is 1.68. The van der Waals surface area contributed by atoms with Crippen LogP contribution in [0.25, 0.3) is 11.0 Å². The summed E-state index contributed by atoms with van der Waals surface area (Å²) < 4.78 is 5.16. The highest BCUT2D eigenvalue weighted by Crippen LogP contribution is 2.25. The van der Waals surface area contributed by atoms with Gasteiger partial charge in [-0.3, -0.25) is 5.10 Å². The minimum Gasteiger partial charge on any atom is -0.497 e. The van der Waals surface area contributed by atoms with Gasteiger partial charge in [-0.25, -0.2) is 0 Å². The van der Waals surface area contributed by atoms with E-state index in [1.807, 2.05) is 31.2 Å². The van der Waals surface area contributed by atoms with Gasteiger partial charge in [0.2, 0.25) is 5.28 Å². The van der Waals surface area contributed by atoms with E-state index >= 15 is 0 Å². The number of anilines is 1. The molecule has 0 aliphatic carbocycles. The summed E-state index contributed by atoms with van der Waals surface area (Å²) in [4.78, 5) is 8.31. The lowest BCUT2D eigenvalue weighted by Crippen LogP contribution is -2.08. The van der Waals surface area contributed by atoms with Crippen molar-refractivity contribution < 1.29 is 4.74 Å². The highest BCUT2D eigenvalue weighted by atomic mass is 35.5. The number of hydrogen-bond acceptors (Lipinski definition) is 5. The molecule has 21 heavy (non-hydrogen) atoms. The smallest absolute Gasteiger partial charge is 0.226 e. The lowest BCUT2D eigenvalue weighted by atomic mass is 10.1. The molecule has 0 aliphatic heterocycles. The molecule has 2 aromatic heterocycles. The monoisotopic (exact) mass is 303 g/mol. The lowest BCUT2D eigenvalue weighted by Gasteiger charge is -2.15. The van der Waals surface area contributed by atoms with E-state index in [1.165, 1.54) is 0 Å². The van der Waals surface area contributed by atoms with Crippen LogP contribution in [0.3, 0.4) is 0 Å². The van der Waals surface area contributed by atoms with E-state index < -0.39 is 0 Å². The van der Waals surface area contributed by atoms with Gasteiger partial charge in [0, 0.05) is 6.04 Å². The fourth-order valence-corrected chi connectivity index (χ4v) is 2.27. The van der Waals surface area contributed by atoms with Crippen LogP contribution in [0.5, 0.6) is 5.75 Å². The predicted molar refractivity (Wildman–Crippen MR) is 81.7 cm³/mol. The van der Waals surface area contributed by atoms with Crippen LogP contribution < -0.4 is 10.1 Å². The van der Waals surface area contributed by atoms with Crippen molar-refractivity contribution in [3.8, 4) is 5.75 Å². The summed E-state index contributed by atoms with van der Waals surface area (Å²) >= 11 is 5.92. The summed E-state index contributed by atoms with van der Waals surface area (Å²) in [5, 5.41) is 11.1. The Morgan fingerprint density at radius 2 is 2.00 bits per heavy atom. The van der Waals surface area contributed by atoms with E-state index in [1.54, 1.807) is 13.3 Å². The number of rotatable bonds is 4. The number of aromatic amines is 1. The van der Waals surface area contributed by atoms with Crippen LogP contribution in [0.1, 0.15) is 18.5 Å². The largest absolute Gasteiger partial charge is 0.497 e. The second kappa shape index (κ2) is 5.57. The summed E-state index contributed by atoms with van der Waals surface area (Å²) in [7, 11) is 1.65. The molecule has 0 saturated carbocycles. The van der Waals surface area contributed by atoms with Crippen LogP contribution in [0, 0.1) is 0 Å². The molecule has 0 bridgehead atoms. The van der Waals surface area contributed by atoms with Crippen molar-refractivity contribution in [1.29, 1.82) is 0 Å². The number of benzene rings is 1. The van der Waals surface area contributed by atoms with Gasteiger partial charge in [0.05, 0.1) is 18.7 Å². The Morgan fingerprint density at radius 3 is 2.71 bits per heavy atom. The zero-order valence-corrected chi connectivity index (χ0v) is 12.3. The first-order valence-electron chi connectivity index (χ1n) is 6.44. The number of ether oxygens (including phenoxy) is 1. The first kappa shape index (κ1) is 13.6. The molecule has 2 N–H and O–H groups in total. The van der Waals surface area contributed by atoms with Crippen LogP contribution in [0.4, 0.5) is 5.82 Å². The third-order valence-electron chi connectivity index (χ3n) is 3.25. The zero-order chi connectivity index (χ0) is 14.8. The van der Waals surface area contributed by atoms with Gasteiger partial charge in [-0.1, -0.05) is 12.1 Å². The van der Waals surface area contributed by atoms with Crippen molar-refractivity contribution >= 4 is 28.5 Å². The van der Waals surface area contributed by atoms with Gasteiger partial charge < -0.3 is 10.1 Å². The molecule has 0 fully saturated rings. The summed E-state index contributed by atoms with van der Waals surface area (Å²) in [6.45, 7) is 2.05. The maximum Gasteiger partial charge on any atom is 0.226 e. The third kappa shape index (κ3) is 2.75. The van der Waals surface area contributed by atoms with Crippen molar-refractivity contribution in [3.63, 3.8) is 0 Å². The summed E-state index contributed by atoms with van der Waals surface area (Å²) in [5.41, 5.74) is 1.72. The van der Waals surface area contributed by atoms with Crippen LogP contribution in [-0.4, -0.2) is 27.3 Å². The van der Waals surface area contributed by atoms with E-state index in [0.717, 1.165) is 16.7 Å². The van der Waals surface area contributed by atoms with Crippen molar-refractivity contribution in [1.82, 2.24) is 20.2 Å². The molecule has 1 aromatic carbocycles. The highest BCUT2D eigenvalue weighted by Gasteiger charge is 2.12. The van der Waals surface area contributed by atoms with Crippen LogP contribution in [0.2, 0.25) is 5.28 Å². The maximum atomic E-state index is 5.92. The van der Waals surface area contributed by atoms with Gasteiger partial charge >= 0.3 is 0 Å². The van der Waals surface area contributed by atoms with Gasteiger partial charge in [-0.2, -0.15) is 15.1 Å². The lowest BCUT2D eigenvalue weighted by molar-refractivity contribution is 0.414. The Kier molecular flexibility index (Phi) is 3.62. The number of nitrogens with one attached hydrogen (secondary N) is 2. The summed E-state index contributed by atoms with van der Waals surface area (Å²) in [6, 6.07) is 7.92. The number of methoxy groups -OCH3 is 1. The molecule has 0 spiro atoms. The maximum absolute atomic E-state index is 5.92. The molecule has 0 aliphatic rings. The molecule has 1 atom stereocenters. The van der Waals surface area contributed by atoms with E-state index in [4.69, 9.17) is 16.3 Å². The van der Waals surface area contributed by atoms with Crippen molar-refractivity contribution in [2.75, 3.05) is 12.4 Å². The number of H-pyrrole nitrogens is 1. The average Bonchev–Trinajstić information content (AvgIpc) is 2.95. The second-order valence-electron chi connectivity index (χ2n) is 4.61. The Bertz CT molecular complexity index is 756. The molecule has 2 heterocycles. The number of halogens is 1. The van der Waals surface area contributed by atoms with Crippen molar-refractivity contribution in [3.05, 3.63) is 41.3 Å². The highest BCUT2D eigenvalue weighted by molar-refractivity contribution is 6.28. The van der Waals surface area contributed by atoms with E-state index in [9.17, 15) is 0 Å². The average molecular weight is 304 g/mol. The van der Waals surface area contributed by atoms with Gasteiger partial charge in [0.25, 0.3) is 0 Å². The molecular formula is C14H14ClN5O. The third-order valence-corrected chi connectivity index (χ3v) is 3.42. The molecule has 7 heteroatoms. The minimum absolute atomic E-state index is 0.0555. The van der Waals surface area contributed by atoms with E-state index in [0.29, 0.717) is 11.5 Å². The molecule has 1 unspecified atom stereocenters. The first-order chi connectivity index (χ1) is 10.2. The fourth-order valence-electron chi connectivity index (χ4n) is 2.10. The summed E-state index contributed by atoms with van der Waals surface area (Å²) in [5.74, 6) is 1.48. The quantitative estimate of drug-likeness (QED) is 0.724. The van der Waals surface area contributed by atoms with Crippen LogP contribution >= 0.6 is 11.6 Å². The van der Waals surface area contributed by atoms with E-state index in [2.05, 4.69) is 25.5 Å². The molecule has 108 valence electrons. The Balaban J connectivity index is 1.88. The first-order valence-corrected chi connectivity index (χ1v) is 6.82. The number of aromatic nitrogens is 4. The molecule has 3 rings (SSSR count).